The van der Waals surface area contributed by atoms with Crippen LogP contribution in [-0.4, -0.2) is 56.2 Å². The Kier molecular flexibility index (Phi) is 9.16. The molecule has 0 spiro atoms. The van der Waals surface area contributed by atoms with E-state index >= 15 is 0 Å². The third-order valence-corrected chi connectivity index (χ3v) is 2.81. The molecule has 0 aliphatic rings. The van der Waals surface area contributed by atoms with Gasteiger partial charge in [-0.25, -0.2) is 0 Å². The number of rotatable bonds is 9. The number of carbonyl (C=O) groups is 2. The van der Waals surface area contributed by atoms with Crippen LogP contribution in [0.15, 0.2) is 0 Å². The molecule has 0 saturated heterocycles. The molecule has 0 aromatic carbocycles. The van der Waals surface area contributed by atoms with E-state index in [0.29, 0.717) is 19.8 Å². The van der Waals surface area contributed by atoms with Crippen molar-refractivity contribution in [1.29, 1.82) is 0 Å². The Morgan fingerprint density at radius 3 is 2.42 bits per heavy atom. The number of esters is 1. The standard InChI is InChI=1S/C13H26N2O4/c1-5-19-13(17)9-15(6-7-18-4)12(16)8-11(14)10(2)3/h10-11H,5-9,14H2,1-4H3. The fourth-order valence-corrected chi connectivity index (χ4v) is 1.42. The second-order valence-corrected chi connectivity index (χ2v) is 4.73. The molecular weight excluding hydrogens is 248 g/mol. The van der Waals surface area contributed by atoms with Crippen LogP contribution in [0.5, 0.6) is 0 Å². The van der Waals surface area contributed by atoms with Gasteiger partial charge >= 0.3 is 5.97 Å². The normalized spacial score (nSPS) is 12.3. The summed E-state index contributed by atoms with van der Waals surface area (Å²) in [6.07, 6.45) is 0.223. The zero-order valence-electron chi connectivity index (χ0n) is 12.3. The Morgan fingerprint density at radius 2 is 1.95 bits per heavy atom. The van der Waals surface area contributed by atoms with Crippen LogP contribution in [-0.2, 0) is 19.1 Å². The molecule has 0 fully saturated rings. The van der Waals surface area contributed by atoms with Gasteiger partial charge in [0.25, 0.3) is 0 Å². The van der Waals surface area contributed by atoms with Crippen LogP contribution in [0.25, 0.3) is 0 Å². The second-order valence-electron chi connectivity index (χ2n) is 4.73. The Bertz CT molecular complexity index is 282. The molecule has 1 atom stereocenters. The van der Waals surface area contributed by atoms with E-state index in [-0.39, 0.29) is 30.8 Å². The maximum atomic E-state index is 12.1. The first-order chi connectivity index (χ1) is 8.92. The highest BCUT2D eigenvalue weighted by molar-refractivity contribution is 5.82. The number of carbonyl (C=O) groups excluding carboxylic acids is 2. The molecule has 2 N–H and O–H groups in total. The molecule has 0 rings (SSSR count). The number of amides is 1. The molecule has 1 unspecified atom stereocenters. The number of nitrogens with two attached hydrogens (primary N) is 1. The first-order valence-electron chi connectivity index (χ1n) is 6.60. The molecule has 112 valence electrons. The molecule has 6 heteroatoms. The van der Waals surface area contributed by atoms with Gasteiger partial charge < -0.3 is 20.1 Å². The first-order valence-corrected chi connectivity index (χ1v) is 6.60. The molecule has 0 radical (unpaired) electrons. The maximum Gasteiger partial charge on any atom is 0.325 e. The fourth-order valence-electron chi connectivity index (χ4n) is 1.42. The average molecular weight is 274 g/mol. The van der Waals surface area contributed by atoms with Gasteiger partial charge in [0.2, 0.25) is 5.91 Å². The summed E-state index contributed by atoms with van der Waals surface area (Å²) in [7, 11) is 1.55. The predicted octanol–water partition coefficient (Wildman–Crippen LogP) is 0.398. The van der Waals surface area contributed by atoms with Gasteiger partial charge in [0.15, 0.2) is 0 Å². The lowest BCUT2D eigenvalue weighted by atomic mass is 10.0. The zero-order valence-corrected chi connectivity index (χ0v) is 12.3. The van der Waals surface area contributed by atoms with Crippen LogP contribution in [0.2, 0.25) is 0 Å². The summed E-state index contributed by atoms with van der Waals surface area (Å²) in [5, 5.41) is 0. The molecule has 1 amide bonds. The Morgan fingerprint density at radius 1 is 1.32 bits per heavy atom. The van der Waals surface area contributed by atoms with Gasteiger partial charge in [0, 0.05) is 26.1 Å². The summed E-state index contributed by atoms with van der Waals surface area (Å²) >= 11 is 0. The predicted molar refractivity (Wildman–Crippen MR) is 72.5 cm³/mol. The van der Waals surface area contributed by atoms with E-state index in [1.165, 1.54) is 4.90 Å². The quantitative estimate of drug-likeness (QED) is 0.615. The minimum absolute atomic E-state index is 0.0547. The molecule has 19 heavy (non-hydrogen) atoms. The molecule has 0 bridgehead atoms. The fraction of sp³-hybridized carbons (Fsp3) is 0.846. The minimum atomic E-state index is -0.412. The van der Waals surface area contributed by atoms with Crippen LogP contribution < -0.4 is 5.73 Å². The molecule has 0 aromatic rings. The summed E-state index contributed by atoms with van der Waals surface area (Å²) in [5.41, 5.74) is 5.88. The summed E-state index contributed by atoms with van der Waals surface area (Å²) in [6, 6.07) is -0.209. The van der Waals surface area contributed by atoms with Crippen LogP contribution in [0.3, 0.4) is 0 Å². The largest absolute Gasteiger partial charge is 0.465 e. The lowest BCUT2D eigenvalue weighted by Crippen LogP contribution is -2.42. The summed E-state index contributed by atoms with van der Waals surface area (Å²) in [6.45, 7) is 6.64. The SMILES string of the molecule is CCOC(=O)CN(CCOC)C(=O)CC(N)C(C)C. The van der Waals surface area contributed by atoms with Gasteiger partial charge in [-0.15, -0.1) is 0 Å². The highest BCUT2D eigenvalue weighted by Gasteiger charge is 2.21. The van der Waals surface area contributed by atoms with Crippen LogP contribution in [0.1, 0.15) is 27.2 Å². The van der Waals surface area contributed by atoms with Crippen LogP contribution in [0, 0.1) is 5.92 Å². The third kappa shape index (κ3) is 7.79. The molecule has 6 nitrogen and oxygen atoms in total. The van der Waals surface area contributed by atoms with Crippen molar-refractivity contribution >= 4 is 11.9 Å². The first kappa shape index (κ1) is 17.9. The highest BCUT2D eigenvalue weighted by Crippen LogP contribution is 2.06. The van der Waals surface area contributed by atoms with Crippen LogP contribution >= 0.6 is 0 Å². The Labute approximate surface area is 115 Å². The van der Waals surface area contributed by atoms with Gasteiger partial charge in [-0.2, -0.15) is 0 Å². The van der Waals surface area contributed by atoms with Crippen molar-refractivity contribution in [3.63, 3.8) is 0 Å². The monoisotopic (exact) mass is 274 g/mol. The van der Waals surface area contributed by atoms with E-state index in [0.717, 1.165) is 0 Å². The number of ether oxygens (including phenoxy) is 2. The van der Waals surface area contributed by atoms with E-state index in [2.05, 4.69) is 0 Å². The van der Waals surface area contributed by atoms with Gasteiger partial charge in [0.1, 0.15) is 6.54 Å². The third-order valence-electron chi connectivity index (χ3n) is 2.81. The van der Waals surface area contributed by atoms with Crippen LogP contribution in [0.4, 0.5) is 0 Å². The van der Waals surface area contributed by atoms with Crippen molar-refractivity contribution < 1.29 is 19.1 Å². The van der Waals surface area contributed by atoms with E-state index < -0.39 is 5.97 Å². The van der Waals surface area contributed by atoms with Gasteiger partial charge in [-0.3, -0.25) is 9.59 Å². The molecule has 0 aliphatic heterocycles. The molecule has 0 saturated carbocycles. The zero-order chi connectivity index (χ0) is 14.8. The summed E-state index contributed by atoms with van der Waals surface area (Å²) in [4.78, 5) is 25.0. The molecule has 0 heterocycles. The summed E-state index contributed by atoms with van der Waals surface area (Å²) < 4.78 is 9.79. The second kappa shape index (κ2) is 9.75. The number of methoxy groups -OCH3 is 1. The number of hydrogen-bond donors (Lipinski definition) is 1. The van der Waals surface area contributed by atoms with Crippen molar-refractivity contribution in [3.05, 3.63) is 0 Å². The van der Waals surface area contributed by atoms with E-state index in [4.69, 9.17) is 15.2 Å². The van der Waals surface area contributed by atoms with Gasteiger partial charge in [-0.05, 0) is 12.8 Å². The van der Waals surface area contributed by atoms with Crippen molar-refractivity contribution in [2.45, 2.75) is 33.2 Å². The number of nitrogens with zero attached hydrogens (tertiary/aromatic N) is 1. The topological polar surface area (TPSA) is 81.9 Å². The Balaban J connectivity index is 4.46. The van der Waals surface area contributed by atoms with Crippen molar-refractivity contribution in [1.82, 2.24) is 4.90 Å². The van der Waals surface area contributed by atoms with E-state index in [9.17, 15) is 9.59 Å². The minimum Gasteiger partial charge on any atom is -0.465 e. The average Bonchev–Trinajstić information content (AvgIpc) is 2.34. The lowest BCUT2D eigenvalue weighted by molar-refractivity contribution is -0.149. The molecule has 0 aliphatic carbocycles. The van der Waals surface area contributed by atoms with E-state index in [1.807, 2.05) is 13.8 Å². The maximum absolute atomic E-state index is 12.1. The van der Waals surface area contributed by atoms with Crippen molar-refractivity contribution in [2.75, 3.05) is 33.4 Å². The summed E-state index contributed by atoms with van der Waals surface area (Å²) in [5.74, 6) is -0.341. The molecular formula is C13H26N2O4. The smallest absolute Gasteiger partial charge is 0.325 e. The van der Waals surface area contributed by atoms with Crippen molar-refractivity contribution in [3.8, 4) is 0 Å². The highest BCUT2D eigenvalue weighted by atomic mass is 16.5. The van der Waals surface area contributed by atoms with Gasteiger partial charge in [-0.1, -0.05) is 13.8 Å². The lowest BCUT2D eigenvalue weighted by Gasteiger charge is -2.24. The van der Waals surface area contributed by atoms with E-state index in [1.54, 1.807) is 14.0 Å². The van der Waals surface area contributed by atoms with Gasteiger partial charge in [0.05, 0.1) is 13.2 Å². The molecule has 0 aromatic heterocycles. The number of hydrogen-bond acceptors (Lipinski definition) is 5. The Hall–Kier alpha value is -1.14. The van der Waals surface area contributed by atoms with Crippen molar-refractivity contribution in [2.24, 2.45) is 11.7 Å².